The van der Waals surface area contributed by atoms with Gasteiger partial charge in [0.05, 0.1) is 4.90 Å². The van der Waals surface area contributed by atoms with Crippen molar-refractivity contribution in [3.63, 3.8) is 0 Å². The van der Waals surface area contributed by atoms with E-state index in [-0.39, 0.29) is 0 Å². The van der Waals surface area contributed by atoms with Crippen LogP contribution in [0.5, 0.6) is 0 Å². The first-order valence-corrected chi connectivity index (χ1v) is 8.50. The van der Waals surface area contributed by atoms with Gasteiger partial charge < -0.3 is 5.73 Å². The molecule has 0 aliphatic heterocycles. The van der Waals surface area contributed by atoms with Crippen LogP contribution in [0.2, 0.25) is 0 Å². The van der Waals surface area contributed by atoms with E-state index in [4.69, 9.17) is 5.73 Å². The zero-order valence-electron chi connectivity index (χ0n) is 12.8. The minimum atomic E-state index is -3.45. The average Bonchev–Trinajstić information content (AvgIpc) is 2.37. The molecule has 0 aliphatic rings. The third kappa shape index (κ3) is 4.58. The van der Waals surface area contributed by atoms with Gasteiger partial charge in [-0.05, 0) is 29.5 Å². The Labute approximate surface area is 123 Å². The molecule has 114 valence electrons. The van der Waals surface area contributed by atoms with Crippen LogP contribution in [-0.2, 0) is 16.6 Å². The van der Waals surface area contributed by atoms with Gasteiger partial charge in [0.2, 0.25) is 10.0 Å². The summed E-state index contributed by atoms with van der Waals surface area (Å²) < 4.78 is 27.1. The number of hydrogen-bond acceptors (Lipinski definition) is 3. The van der Waals surface area contributed by atoms with Gasteiger partial charge in [-0.25, -0.2) is 8.42 Å². The van der Waals surface area contributed by atoms with Gasteiger partial charge in [-0.15, -0.1) is 0 Å². The highest BCUT2D eigenvalue weighted by Crippen LogP contribution is 2.19. The zero-order valence-corrected chi connectivity index (χ0v) is 13.7. The van der Waals surface area contributed by atoms with Crippen LogP contribution in [0, 0.1) is 11.8 Å². The fourth-order valence-corrected chi connectivity index (χ4v) is 3.91. The molecule has 1 aromatic rings. The first-order valence-electron chi connectivity index (χ1n) is 7.06. The summed E-state index contributed by atoms with van der Waals surface area (Å²) in [6.45, 7) is 9.52. The highest BCUT2D eigenvalue weighted by Gasteiger charge is 2.25. The third-order valence-corrected chi connectivity index (χ3v) is 4.74. The van der Waals surface area contributed by atoms with Crippen molar-refractivity contribution in [2.75, 3.05) is 13.1 Å². The highest BCUT2D eigenvalue weighted by molar-refractivity contribution is 7.89. The smallest absolute Gasteiger partial charge is 0.243 e. The summed E-state index contributed by atoms with van der Waals surface area (Å²) >= 11 is 0. The molecule has 4 nitrogen and oxygen atoms in total. The van der Waals surface area contributed by atoms with E-state index in [2.05, 4.69) is 0 Å². The van der Waals surface area contributed by atoms with E-state index in [9.17, 15) is 8.42 Å². The summed E-state index contributed by atoms with van der Waals surface area (Å²) in [6.07, 6.45) is 0. The fraction of sp³-hybridized carbons (Fsp3) is 0.600. The van der Waals surface area contributed by atoms with Gasteiger partial charge >= 0.3 is 0 Å². The molecule has 0 saturated heterocycles. The zero-order chi connectivity index (χ0) is 15.3. The van der Waals surface area contributed by atoms with Gasteiger partial charge in [-0.3, -0.25) is 0 Å². The van der Waals surface area contributed by atoms with E-state index < -0.39 is 10.0 Å². The standard InChI is InChI=1S/C15H26N2O2S/c1-12(2)10-17(11-13(3)4)20(18,19)15-7-5-6-14(8-15)9-16/h5-8,12-13H,9-11,16H2,1-4H3. The van der Waals surface area contributed by atoms with Gasteiger partial charge in [-0.1, -0.05) is 39.8 Å². The molecular formula is C15H26N2O2S. The lowest BCUT2D eigenvalue weighted by Crippen LogP contribution is -2.37. The maximum absolute atomic E-state index is 12.8. The predicted octanol–water partition coefficient (Wildman–Crippen LogP) is 2.45. The normalized spacial score (nSPS) is 12.6. The molecule has 1 aromatic carbocycles. The Morgan fingerprint density at radius 1 is 1.10 bits per heavy atom. The van der Waals surface area contributed by atoms with Crippen LogP contribution in [0.4, 0.5) is 0 Å². The van der Waals surface area contributed by atoms with Crippen molar-refractivity contribution in [3.05, 3.63) is 29.8 Å². The Hall–Kier alpha value is -0.910. The van der Waals surface area contributed by atoms with Gasteiger partial charge in [0.25, 0.3) is 0 Å². The first kappa shape index (κ1) is 17.1. The number of nitrogens with zero attached hydrogens (tertiary/aromatic N) is 1. The second-order valence-electron chi connectivity index (χ2n) is 5.96. The summed E-state index contributed by atoms with van der Waals surface area (Å²) in [7, 11) is -3.45. The number of nitrogens with two attached hydrogens (primary N) is 1. The van der Waals surface area contributed by atoms with E-state index in [0.717, 1.165) is 5.56 Å². The molecule has 0 radical (unpaired) electrons. The van der Waals surface area contributed by atoms with Gasteiger partial charge in [0.1, 0.15) is 0 Å². The number of benzene rings is 1. The maximum atomic E-state index is 12.8. The van der Waals surface area contributed by atoms with E-state index in [1.807, 2.05) is 33.8 Å². The van der Waals surface area contributed by atoms with Gasteiger partial charge in [-0.2, -0.15) is 4.31 Å². The average molecular weight is 298 g/mol. The molecule has 0 bridgehead atoms. The van der Waals surface area contributed by atoms with Crippen molar-refractivity contribution in [2.24, 2.45) is 17.6 Å². The predicted molar refractivity (Wildman–Crippen MR) is 82.8 cm³/mol. The number of hydrogen-bond donors (Lipinski definition) is 1. The maximum Gasteiger partial charge on any atom is 0.243 e. The molecule has 2 N–H and O–H groups in total. The summed E-state index contributed by atoms with van der Waals surface area (Å²) in [6, 6.07) is 6.90. The van der Waals surface area contributed by atoms with Crippen LogP contribution in [0.15, 0.2) is 29.2 Å². The molecular weight excluding hydrogens is 272 g/mol. The largest absolute Gasteiger partial charge is 0.326 e. The summed E-state index contributed by atoms with van der Waals surface area (Å²) in [5.74, 6) is 0.586. The minimum Gasteiger partial charge on any atom is -0.326 e. The second kappa shape index (κ2) is 7.20. The third-order valence-electron chi connectivity index (χ3n) is 2.91. The minimum absolute atomic E-state index is 0.293. The second-order valence-corrected chi connectivity index (χ2v) is 7.90. The molecule has 0 aliphatic carbocycles. The van der Waals surface area contributed by atoms with Crippen LogP contribution >= 0.6 is 0 Å². The van der Waals surface area contributed by atoms with Crippen molar-refractivity contribution in [2.45, 2.75) is 39.1 Å². The Morgan fingerprint density at radius 3 is 2.10 bits per heavy atom. The molecule has 0 saturated carbocycles. The SMILES string of the molecule is CC(C)CN(CC(C)C)S(=O)(=O)c1cccc(CN)c1. The van der Waals surface area contributed by atoms with Crippen molar-refractivity contribution in [1.29, 1.82) is 0 Å². The van der Waals surface area contributed by atoms with Crippen LogP contribution in [-0.4, -0.2) is 25.8 Å². The van der Waals surface area contributed by atoms with Crippen molar-refractivity contribution < 1.29 is 8.42 Å². The van der Waals surface area contributed by atoms with Crippen molar-refractivity contribution in [3.8, 4) is 0 Å². The lowest BCUT2D eigenvalue weighted by atomic mass is 10.2. The van der Waals surface area contributed by atoms with E-state index in [1.165, 1.54) is 0 Å². The summed E-state index contributed by atoms with van der Waals surface area (Å²) in [5, 5.41) is 0. The molecule has 1 rings (SSSR count). The highest BCUT2D eigenvalue weighted by atomic mass is 32.2. The Morgan fingerprint density at radius 2 is 1.65 bits per heavy atom. The molecule has 0 atom stereocenters. The quantitative estimate of drug-likeness (QED) is 0.841. The molecule has 0 amide bonds. The Bertz CT molecular complexity index is 514. The Kier molecular flexibility index (Phi) is 6.17. The lowest BCUT2D eigenvalue weighted by Gasteiger charge is -2.25. The van der Waals surface area contributed by atoms with E-state index in [0.29, 0.717) is 36.4 Å². The molecule has 20 heavy (non-hydrogen) atoms. The first-order chi connectivity index (χ1) is 9.27. The van der Waals surface area contributed by atoms with Crippen LogP contribution in [0.25, 0.3) is 0 Å². The van der Waals surface area contributed by atoms with E-state index in [1.54, 1.807) is 22.5 Å². The van der Waals surface area contributed by atoms with Crippen LogP contribution < -0.4 is 5.73 Å². The Balaban J connectivity index is 3.13. The number of rotatable bonds is 7. The van der Waals surface area contributed by atoms with Gasteiger partial charge in [0.15, 0.2) is 0 Å². The van der Waals surface area contributed by atoms with Crippen LogP contribution in [0.3, 0.4) is 0 Å². The van der Waals surface area contributed by atoms with Crippen molar-refractivity contribution in [1.82, 2.24) is 4.31 Å². The van der Waals surface area contributed by atoms with E-state index >= 15 is 0 Å². The lowest BCUT2D eigenvalue weighted by molar-refractivity contribution is 0.333. The monoisotopic (exact) mass is 298 g/mol. The summed E-state index contributed by atoms with van der Waals surface area (Å²) in [4.78, 5) is 0.335. The van der Waals surface area contributed by atoms with Crippen LogP contribution in [0.1, 0.15) is 33.3 Å². The molecule has 0 spiro atoms. The fourth-order valence-electron chi connectivity index (χ4n) is 2.07. The summed E-state index contributed by atoms with van der Waals surface area (Å²) in [5.41, 5.74) is 6.42. The molecule has 0 unspecified atom stereocenters. The molecule has 0 heterocycles. The van der Waals surface area contributed by atoms with Gasteiger partial charge in [0, 0.05) is 19.6 Å². The molecule has 0 aromatic heterocycles. The number of sulfonamides is 1. The molecule has 5 heteroatoms. The molecule has 0 fully saturated rings. The topological polar surface area (TPSA) is 63.4 Å². The van der Waals surface area contributed by atoms with Crippen molar-refractivity contribution >= 4 is 10.0 Å².